The summed E-state index contributed by atoms with van der Waals surface area (Å²) in [6.45, 7) is 3.72. The van der Waals surface area contributed by atoms with Crippen molar-refractivity contribution in [2.45, 2.75) is 56.8 Å². The molecule has 9 nitrogen and oxygen atoms in total. The molecule has 168 valence electrons. The first-order chi connectivity index (χ1) is 15.4. The highest BCUT2D eigenvalue weighted by molar-refractivity contribution is 5.76. The summed E-state index contributed by atoms with van der Waals surface area (Å²) in [6.07, 6.45) is 11.8. The van der Waals surface area contributed by atoms with Gasteiger partial charge in [-0.15, -0.1) is 0 Å². The van der Waals surface area contributed by atoms with Crippen LogP contribution in [0.3, 0.4) is 0 Å². The lowest BCUT2D eigenvalue weighted by atomic mass is 9.92. The number of nitrogens with one attached hydrogen (secondary N) is 1. The Balaban J connectivity index is 1.59. The second-order valence-corrected chi connectivity index (χ2v) is 8.37. The minimum atomic E-state index is -0.832. The molecule has 0 spiro atoms. The van der Waals surface area contributed by atoms with Gasteiger partial charge in [-0.1, -0.05) is 0 Å². The van der Waals surface area contributed by atoms with Crippen LogP contribution < -0.4 is 11.1 Å². The molecular formula is C23H28N6O3. The Kier molecular flexibility index (Phi) is 6.59. The summed E-state index contributed by atoms with van der Waals surface area (Å²) in [4.78, 5) is 25.0. The summed E-state index contributed by atoms with van der Waals surface area (Å²) < 4.78 is 13.9. The first-order valence-electron chi connectivity index (χ1n) is 10.6. The van der Waals surface area contributed by atoms with Crippen molar-refractivity contribution in [2.75, 3.05) is 0 Å². The number of carbonyl (C=O) groups excluding carboxylic acids is 1. The molecule has 0 aliphatic carbocycles. The molecule has 0 aromatic carbocycles. The van der Waals surface area contributed by atoms with Crippen molar-refractivity contribution in [3.05, 3.63) is 78.9 Å². The fourth-order valence-electron chi connectivity index (χ4n) is 4.00. The number of carbonyl (C=O) groups is 1. The molecule has 1 aliphatic rings. The smallest absolute Gasteiger partial charge is 0.327 e. The van der Waals surface area contributed by atoms with Crippen molar-refractivity contribution in [1.82, 2.24) is 24.8 Å². The van der Waals surface area contributed by atoms with Gasteiger partial charge in [-0.05, 0) is 62.1 Å². The lowest BCUT2D eigenvalue weighted by molar-refractivity contribution is -0.149. The van der Waals surface area contributed by atoms with Crippen LogP contribution in [-0.2, 0) is 22.3 Å². The number of nitrogens with two attached hydrogens (primary N) is 1. The second-order valence-electron chi connectivity index (χ2n) is 8.37. The Morgan fingerprint density at radius 2 is 1.59 bits per heavy atom. The standard InChI is InChI=1S/C23H28N6O3/c1-23(2)31-20(18(24)13-16-3-7-25-8-4-16)21(32-23)19(14-17-5-9-26-10-6-17)28-22(30)29-12-11-27-15-29/h3-12,15,18-21H,13-14,24H2,1-2H3,(H,28,30)/t18-,19-,20+,21+/m1/s1. The van der Waals surface area contributed by atoms with Gasteiger partial charge in [0.25, 0.3) is 0 Å². The van der Waals surface area contributed by atoms with Gasteiger partial charge in [0.1, 0.15) is 18.5 Å². The minimum Gasteiger partial charge on any atom is -0.343 e. The Hall–Kier alpha value is -3.14. The summed E-state index contributed by atoms with van der Waals surface area (Å²) in [5.41, 5.74) is 8.70. The van der Waals surface area contributed by atoms with E-state index in [1.54, 1.807) is 37.2 Å². The first-order valence-corrected chi connectivity index (χ1v) is 10.6. The lowest BCUT2D eigenvalue weighted by Gasteiger charge is -2.30. The summed E-state index contributed by atoms with van der Waals surface area (Å²) in [5, 5.41) is 3.09. The molecule has 0 bridgehead atoms. The molecular weight excluding hydrogens is 408 g/mol. The number of nitrogens with zero attached hydrogens (tertiary/aromatic N) is 4. The van der Waals surface area contributed by atoms with E-state index >= 15 is 0 Å². The third-order valence-corrected chi connectivity index (χ3v) is 5.46. The zero-order valence-corrected chi connectivity index (χ0v) is 18.2. The topological polar surface area (TPSA) is 117 Å². The summed E-state index contributed by atoms with van der Waals surface area (Å²) >= 11 is 0. The van der Waals surface area contributed by atoms with Crippen molar-refractivity contribution in [3.8, 4) is 0 Å². The molecule has 0 saturated carbocycles. The van der Waals surface area contributed by atoms with Gasteiger partial charge in [0.15, 0.2) is 5.79 Å². The van der Waals surface area contributed by atoms with E-state index in [4.69, 9.17) is 15.2 Å². The fraction of sp³-hybridized carbons (Fsp3) is 0.391. The normalized spacial score (nSPS) is 21.7. The molecule has 32 heavy (non-hydrogen) atoms. The largest absolute Gasteiger partial charge is 0.343 e. The zero-order chi connectivity index (χ0) is 22.6. The van der Waals surface area contributed by atoms with Crippen LogP contribution in [0.25, 0.3) is 0 Å². The molecule has 1 amide bonds. The van der Waals surface area contributed by atoms with E-state index in [0.29, 0.717) is 12.8 Å². The highest BCUT2D eigenvalue weighted by Gasteiger charge is 2.48. The van der Waals surface area contributed by atoms with Crippen molar-refractivity contribution in [2.24, 2.45) is 5.73 Å². The van der Waals surface area contributed by atoms with Gasteiger partial charge in [0.2, 0.25) is 0 Å². The maximum Gasteiger partial charge on any atom is 0.327 e. The lowest BCUT2D eigenvalue weighted by Crippen LogP contribution is -2.54. The van der Waals surface area contributed by atoms with E-state index < -0.39 is 18.0 Å². The number of amides is 1. The van der Waals surface area contributed by atoms with Crippen LogP contribution in [0.2, 0.25) is 0 Å². The summed E-state index contributed by atoms with van der Waals surface area (Å²) in [5.74, 6) is -0.832. The number of hydrogen-bond acceptors (Lipinski definition) is 7. The van der Waals surface area contributed by atoms with Crippen molar-refractivity contribution in [1.29, 1.82) is 0 Å². The highest BCUT2D eigenvalue weighted by atomic mass is 16.8. The average molecular weight is 437 g/mol. The maximum absolute atomic E-state index is 12.9. The second kappa shape index (κ2) is 9.56. The molecule has 9 heteroatoms. The predicted octanol–water partition coefficient (Wildman–Crippen LogP) is 1.93. The fourth-order valence-corrected chi connectivity index (χ4v) is 4.00. The number of ether oxygens (including phenoxy) is 2. The van der Waals surface area contributed by atoms with Crippen LogP contribution in [0, 0.1) is 0 Å². The number of aromatic nitrogens is 4. The highest BCUT2D eigenvalue weighted by Crippen LogP contribution is 2.33. The molecule has 4 atom stereocenters. The van der Waals surface area contributed by atoms with Gasteiger partial charge >= 0.3 is 6.03 Å². The van der Waals surface area contributed by atoms with E-state index in [1.165, 1.54) is 10.9 Å². The quantitative estimate of drug-likeness (QED) is 0.581. The zero-order valence-electron chi connectivity index (χ0n) is 18.2. The summed E-state index contributed by atoms with van der Waals surface area (Å²) in [7, 11) is 0. The van der Waals surface area contributed by atoms with Crippen LogP contribution in [-0.4, -0.2) is 55.6 Å². The van der Waals surface area contributed by atoms with Crippen molar-refractivity contribution >= 4 is 6.03 Å². The van der Waals surface area contributed by atoms with E-state index in [9.17, 15) is 4.79 Å². The number of rotatable bonds is 7. The maximum atomic E-state index is 12.9. The molecule has 1 fully saturated rings. The van der Waals surface area contributed by atoms with Gasteiger partial charge in [0, 0.05) is 43.2 Å². The third-order valence-electron chi connectivity index (χ3n) is 5.46. The number of hydrogen-bond donors (Lipinski definition) is 2. The molecule has 0 radical (unpaired) electrons. The molecule has 0 unspecified atom stereocenters. The van der Waals surface area contributed by atoms with Crippen LogP contribution in [0.1, 0.15) is 25.0 Å². The molecule has 1 saturated heterocycles. The van der Waals surface area contributed by atoms with E-state index in [-0.39, 0.29) is 18.1 Å². The summed E-state index contributed by atoms with van der Waals surface area (Å²) in [6, 6.07) is 6.69. The molecule has 3 aromatic heterocycles. The monoisotopic (exact) mass is 436 g/mol. The van der Waals surface area contributed by atoms with Gasteiger partial charge < -0.3 is 20.5 Å². The van der Waals surface area contributed by atoms with E-state index in [2.05, 4.69) is 20.3 Å². The Morgan fingerprint density at radius 3 is 2.19 bits per heavy atom. The van der Waals surface area contributed by atoms with Crippen LogP contribution in [0.4, 0.5) is 4.79 Å². The number of imidazole rings is 1. The molecule has 4 heterocycles. The van der Waals surface area contributed by atoms with E-state index in [1.807, 2.05) is 38.1 Å². The molecule has 4 rings (SSSR count). The third kappa shape index (κ3) is 5.37. The molecule has 3 N–H and O–H groups in total. The molecule has 3 aromatic rings. The number of pyridine rings is 2. The van der Waals surface area contributed by atoms with Crippen LogP contribution in [0.15, 0.2) is 67.8 Å². The first kappa shape index (κ1) is 22.1. The van der Waals surface area contributed by atoms with Crippen molar-refractivity contribution in [3.63, 3.8) is 0 Å². The van der Waals surface area contributed by atoms with Gasteiger partial charge in [-0.3, -0.25) is 14.5 Å². The van der Waals surface area contributed by atoms with Crippen LogP contribution >= 0.6 is 0 Å². The minimum absolute atomic E-state index is 0.295. The molecule has 1 aliphatic heterocycles. The van der Waals surface area contributed by atoms with Gasteiger partial charge in [-0.25, -0.2) is 9.78 Å². The Morgan fingerprint density at radius 1 is 1.00 bits per heavy atom. The van der Waals surface area contributed by atoms with Gasteiger partial charge in [-0.2, -0.15) is 0 Å². The van der Waals surface area contributed by atoms with Gasteiger partial charge in [0.05, 0.1) is 6.04 Å². The SMILES string of the molecule is CC1(C)O[C@@H]([C@H](N)Cc2ccncc2)[C@H]([C@@H](Cc2ccncc2)NC(=O)n2ccnc2)O1. The van der Waals surface area contributed by atoms with E-state index in [0.717, 1.165) is 11.1 Å². The van der Waals surface area contributed by atoms with Crippen molar-refractivity contribution < 1.29 is 14.3 Å². The average Bonchev–Trinajstić information content (AvgIpc) is 3.42. The Labute approximate surface area is 187 Å². The van der Waals surface area contributed by atoms with Crippen LogP contribution in [0.5, 0.6) is 0 Å². The predicted molar refractivity (Wildman–Crippen MR) is 118 cm³/mol. The Bertz CT molecular complexity index is 997.